The molecule has 2 aromatic rings. The third-order valence-electron chi connectivity index (χ3n) is 3.48. The van der Waals surface area contributed by atoms with Crippen LogP contribution < -0.4 is 4.90 Å². The molecule has 1 aromatic heterocycles. The van der Waals surface area contributed by atoms with E-state index in [0.717, 1.165) is 23.8 Å². The Labute approximate surface area is 130 Å². The van der Waals surface area contributed by atoms with Gasteiger partial charge in [0.2, 0.25) is 5.13 Å². The number of anilines is 1. The summed E-state index contributed by atoms with van der Waals surface area (Å²) in [6.45, 7) is 6.53. The van der Waals surface area contributed by atoms with Crippen LogP contribution in [0.4, 0.5) is 5.13 Å². The van der Waals surface area contributed by atoms with Gasteiger partial charge in [0.15, 0.2) is 0 Å². The lowest BCUT2D eigenvalue weighted by molar-refractivity contribution is 0.475. The van der Waals surface area contributed by atoms with Crippen molar-refractivity contribution >= 4 is 16.7 Å². The first-order chi connectivity index (χ1) is 9.95. The van der Waals surface area contributed by atoms with Crippen molar-refractivity contribution in [1.82, 2.24) is 9.36 Å². The Morgan fingerprint density at radius 3 is 2.43 bits per heavy atom. The minimum Gasteiger partial charge on any atom is -0.508 e. The number of likely N-dealkylation sites (N-methyl/N-ethyl adjacent to an activating group) is 1. The quantitative estimate of drug-likeness (QED) is 0.887. The molecule has 1 N–H and O–H groups in total. The van der Waals surface area contributed by atoms with E-state index in [1.165, 1.54) is 17.1 Å². The maximum atomic E-state index is 9.33. The highest BCUT2D eigenvalue weighted by Crippen LogP contribution is 2.21. The number of benzene rings is 1. The van der Waals surface area contributed by atoms with Crippen molar-refractivity contribution in [3.05, 3.63) is 35.7 Å². The molecule has 0 saturated carbocycles. The zero-order chi connectivity index (χ0) is 15.4. The molecule has 1 heterocycles. The van der Waals surface area contributed by atoms with E-state index in [9.17, 15) is 5.11 Å². The van der Waals surface area contributed by atoms with Crippen LogP contribution in [0.25, 0.3) is 0 Å². The van der Waals surface area contributed by atoms with E-state index in [1.807, 2.05) is 12.1 Å². The number of hydrogen-bond acceptors (Lipinski definition) is 5. The highest BCUT2D eigenvalue weighted by atomic mass is 32.1. The van der Waals surface area contributed by atoms with Gasteiger partial charge in [0.05, 0.1) is 0 Å². The van der Waals surface area contributed by atoms with Gasteiger partial charge < -0.3 is 10.0 Å². The van der Waals surface area contributed by atoms with Crippen molar-refractivity contribution < 1.29 is 5.11 Å². The summed E-state index contributed by atoms with van der Waals surface area (Å²) in [5.74, 6) is 1.82. The third kappa shape index (κ3) is 4.43. The summed E-state index contributed by atoms with van der Waals surface area (Å²) in [6.07, 6.45) is 1.84. The molecule has 0 amide bonds. The lowest BCUT2D eigenvalue weighted by atomic mass is 10.1. The number of phenolic OH excluding ortho intramolecular Hbond substituents is 1. The van der Waals surface area contributed by atoms with Crippen LogP contribution in [0.1, 0.15) is 32.2 Å². The molecule has 0 fully saturated rings. The normalized spacial score (nSPS) is 12.6. The second kappa shape index (κ2) is 6.89. The summed E-state index contributed by atoms with van der Waals surface area (Å²) in [5, 5.41) is 10.3. The van der Waals surface area contributed by atoms with Crippen LogP contribution in [0, 0.1) is 5.92 Å². The van der Waals surface area contributed by atoms with Gasteiger partial charge in [-0.05, 0) is 37.0 Å². The SMILES string of the molecule is CC(C)Cc1nsc(N(C)C(C)Cc2ccc(O)cc2)n1. The minimum atomic E-state index is 0.308. The first kappa shape index (κ1) is 15.8. The maximum Gasteiger partial charge on any atom is 0.205 e. The molecule has 2 rings (SSSR count). The summed E-state index contributed by atoms with van der Waals surface area (Å²) in [5.41, 5.74) is 1.21. The zero-order valence-electron chi connectivity index (χ0n) is 13.1. The van der Waals surface area contributed by atoms with E-state index in [4.69, 9.17) is 0 Å². The van der Waals surface area contributed by atoms with E-state index < -0.39 is 0 Å². The van der Waals surface area contributed by atoms with Crippen LogP contribution in [-0.2, 0) is 12.8 Å². The first-order valence-corrected chi connectivity index (χ1v) is 8.06. The second-order valence-electron chi connectivity index (χ2n) is 5.92. The topological polar surface area (TPSA) is 49.2 Å². The predicted octanol–water partition coefficient (Wildman–Crippen LogP) is 3.51. The van der Waals surface area contributed by atoms with Crippen molar-refractivity contribution in [2.24, 2.45) is 5.92 Å². The molecule has 0 spiro atoms. The fourth-order valence-electron chi connectivity index (χ4n) is 2.13. The number of nitrogens with zero attached hydrogens (tertiary/aromatic N) is 3. The second-order valence-corrected chi connectivity index (χ2v) is 6.65. The van der Waals surface area contributed by atoms with Crippen LogP contribution in [-0.4, -0.2) is 27.6 Å². The summed E-state index contributed by atoms with van der Waals surface area (Å²) in [7, 11) is 2.06. The number of rotatable bonds is 6. The van der Waals surface area contributed by atoms with E-state index >= 15 is 0 Å². The highest BCUT2D eigenvalue weighted by molar-refractivity contribution is 7.09. The van der Waals surface area contributed by atoms with Crippen LogP contribution in [0.3, 0.4) is 0 Å². The van der Waals surface area contributed by atoms with Crippen LogP contribution in [0.5, 0.6) is 5.75 Å². The Kier molecular flexibility index (Phi) is 5.17. The fraction of sp³-hybridized carbons (Fsp3) is 0.500. The lowest BCUT2D eigenvalue weighted by Crippen LogP contribution is -2.30. The zero-order valence-corrected chi connectivity index (χ0v) is 13.9. The Balaban J connectivity index is 1.99. The largest absolute Gasteiger partial charge is 0.508 e. The van der Waals surface area contributed by atoms with E-state index in [-0.39, 0.29) is 0 Å². The van der Waals surface area contributed by atoms with Crippen molar-refractivity contribution in [3.63, 3.8) is 0 Å². The highest BCUT2D eigenvalue weighted by Gasteiger charge is 2.15. The number of aromatic nitrogens is 2. The van der Waals surface area contributed by atoms with Gasteiger partial charge in [0.25, 0.3) is 0 Å². The summed E-state index contributed by atoms with van der Waals surface area (Å²) in [4.78, 5) is 6.80. The van der Waals surface area contributed by atoms with Crippen molar-refractivity contribution in [2.75, 3.05) is 11.9 Å². The molecule has 1 aromatic carbocycles. The molecule has 0 aliphatic heterocycles. The molecule has 0 aliphatic rings. The summed E-state index contributed by atoms with van der Waals surface area (Å²) in [6, 6.07) is 7.71. The molecule has 0 bridgehead atoms. The van der Waals surface area contributed by atoms with Gasteiger partial charge in [0.1, 0.15) is 11.6 Å². The molecule has 4 nitrogen and oxygen atoms in total. The van der Waals surface area contributed by atoms with E-state index in [1.54, 1.807) is 12.1 Å². The van der Waals surface area contributed by atoms with Gasteiger partial charge in [-0.3, -0.25) is 0 Å². The first-order valence-electron chi connectivity index (χ1n) is 7.29. The molecule has 21 heavy (non-hydrogen) atoms. The minimum absolute atomic E-state index is 0.308. The van der Waals surface area contributed by atoms with E-state index in [2.05, 4.69) is 42.1 Å². The third-order valence-corrected chi connectivity index (χ3v) is 4.32. The molecule has 114 valence electrons. The van der Waals surface area contributed by atoms with Crippen molar-refractivity contribution in [3.8, 4) is 5.75 Å². The Morgan fingerprint density at radius 1 is 1.14 bits per heavy atom. The average molecular weight is 305 g/mol. The molecular formula is C16H23N3OS. The van der Waals surface area contributed by atoms with Crippen molar-refractivity contribution in [1.29, 1.82) is 0 Å². The molecule has 1 atom stereocenters. The molecular weight excluding hydrogens is 282 g/mol. The van der Waals surface area contributed by atoms with Gasteiger partial charge in [-0.25, -0.2) is 4.98 Å². The van der Waals surface area contributed by atoms with Crippen LogP contribution in [0.2, 0.25) is 0 Å². The average Bonchev–Trinajstić information content (AvgIpc) is 2.88. The maximum absolute atomic E-state index is 9.33. The van der Waals surface area contributed by atoms with E-state index in [0.29, 0.717) is 17.7 Å². The van der Waals surface area contributed by atoms with Crippen molar-refractivity contribution in [2.45, 2.75) is 39.7 Å². The van der Waals surface area contributed by atoms with Gasteiger partial charge in [0, 0.05) is 31.0 Å². The van der Waals surface area contributed by atoms with Gasteiger partial charge in [-0.2, -0.15) is 4.37 Å². The monoisotopic (exact) mass is 305 g/mol. The smallest absolute Gasteiger partial charge is 0.205 e. The van der Waals surface area contributed by atoms with Gasteiger partial charge in [-0.15, -0.1) is 0 Å². The van der Waals surface area contributed by atoms with Crippen LogP contribution >= 0.6 is 11.5 Å². The standard InChI is InChI=1S/C16H23N3OS/c1-11(2)9-15-17-16(21-18-15)19(4)12(3)10-13-5-7-14(20)8-6-13/h5-8,11-12,20H,9-10H2,1-4H3. The summed E-state index contributed by atoms with van der Waals surface area (Å²) < 4.78 is 4.43. The fourth-order valence-corrected chi connectivity index (χ4v) is 2.89. The van der Waals surface area contributed by atoms with Gasteiger partial charge in [-0.1, -0.05) is 26.0 Å². The predicted molar refractivity (Wildman–Crippen MR) is 88.1 cm³/mol. The molecule has 0 aliphatic carbocycles. The Hall–Kier alpha value is -1.62. The van der Waals surface area contributed by atoms with Gasteiger partial charge >= 0.3 is 0 Å². The summed E-state index contributed by atoms with van der Waals surface area (Å²) >= 11 is 1.47. The number of phenols is 1. The number of aromatic hydroxyl groups is 1. The van der Waals surface area contributed by atoms with Crippen LogP contribution in [0.15, 0.2) is 24.3 Å². The molecule has 0 saturated heterocycles. The Bertz CT molecular complexity index is 565. The molecule has 1 unspecified atom stereocenters. The molecule has 0 radical (unpaired) electrons. The number of hydrogen-bond donors (Lipinski definition) is 1. The lowest BCUT2D eigenvalue weighted by Gasteiger charge is -2.23. The molecule has 5 heteroatoms. The Morgan fingerprint density at radius 2 is 1.81 bits per heavy atom.